The monoisotopic (exact) mass is 443 g/mol. The van der Waals surface area contributed by atoms with Crippen LogP contribution >= 0.6 is 24.0 Å². The van der Waals surface area contributed by atoms with Gasteiger partial charge in [0.25, 0.3) is 0 Å². The molecular weight excluding hydrogens is 413 g/mol. The zero-order valence-electron chi connectivity index (χ0n) is 14.4. The summed E-state index contributed by atoms with van der Waals surface area (Å²) in [4.78, 5) is 11.4. The van der Waals surface area contributed by atoms with E-state index >= 15 is 0 Å². The topological polar surface area (TPSA) is 66.5 Å². The fraction of sp³-hybridized carbons (Fsp3) is 0.667. The van der Waals surface area contributed by atoms with Crippen molar-refractivity contribution < 1.29 is 0 Å². The van der Waals surface area contributed by atoms with Crippen molar-refractivity contribution in [3.05, 3.63) is 23.9 Å². The second-order valence-electron chi connectivity index (χ2n) is 6.75. The normalized spacial score (nSPS) is 19.7. The number of nitrogens with one attached hydrogen (secondary N) is 1. The summed E-state index contributed by atoms with van der Waals surface area (Å²) in [5.74, 6) is 1.66. The summed E-state index contributed by atoms with van der Waals surface area (Å²) in [5, 5.41) is 3.37. The molecule has 0 amide bonds. The molecule has 5 nitrogen and oxygen atoms in total. The second kappa shape index (κ2) is 10.1. The highest BCUT2D eigenvalue weighted by Gasteiger charge is 2.14. The molecule has 3 rings (SSSR count). The van der Waals surface area contributed by atoms with E-state index in [4.69, 9.17) is 5.73 Å². The van der Waals surface area contributed by atoms with E-state index in [2.05, 4.69) is 26.3 Å². The maximum atomic E-state index is 6.05. The van der Waals surface area contributed by atoms with Crippen molar-refractivity contribution >= 4 is 35.8 Å². The molecule has 1 aliphatic heterocycles. The van der Waals surface area contributed by atoms with Crippen LogP contribution in [0.1, 0.15) is 56.9 Å². The molecule has 0 aromatic carbocycles. The Morgan fingerprint density at radius 2 is 1.88 bits per heavy atom. The van der Waals surface area contributed by atoms with Gasteiger partial charge in [-0.3, -0.25) is 0 Å². The van der Waals surface area contributed by atoms with Gasteiger partial charge in [-0.25, -0.2) is 9.98 Å². The molecule has 0 spiro atoms. The Balaban J connectivity index is 0.00000208. The van der Waals surface area contributed by atoms with Gasteiger partial charge in [0.05, 0.1) is 6.54 Å². The van der Waals surface area contributed by atoms with E-state index in [-0.39, 0.29) is 24.0 Å². The van der Waals surface area contributed by atoms with Crippen molar-refractivity contribution in [3.8, 4) is 0 Å². The fourth-order valence-electron chi connectivity index (χ4n) is 3.53. The summed E-state index contributed by atoms with van der Waals surface area (Å²) in [6.07, 6.45) is 12.1. The standard InChI is InChI=1S/C18H29N5.HI/c19-18(22-16-7-3-1-4-8-16)21-14-15-9-10-20-17(13-15)23-11-5-2-6-12-23;/h9-10,13,16H,1-8,11-12,14H2,(H3,19,21,22);1H. The van der Waals surface area contributed by atoms with Crippen molar-refractivity contribution in [2.45, 2.75) is 64.0 Å². The van der Waals surface area contributed by atoms with E-state index in [9.17, 15) is 0 Å². The Hall–Kier alpha value is -1.05. The Morgan fingerprint density at radius 3 is 2.62 bits per heavy atom. The molecule has 3 N–H and O–H groups in total. The Morgan fingerprint density at radius 1 is 1.17 bits per heavy atom. The molecule has 6 heteroatoms. The van der Waals surface area contributed by atoms with Crippen molar-refractivity contribution in [1.29, 1.82) is 0 Å². The van der Waals surface area contributed by atoms with Gasteiger partial charge in [0.2, 0.25) is 0 Å². The molecule has 1 aromatic rings. The molecule has 24 heavy (non-hydrogen) atoms. The summed E-state index contributed by atoms with van der Waals surface area (Å²) in [6.45, 7) is 2.85. The first-order valence-corrected chi connectivity index (χ1v) is 9.07. The van der Waals surface area contributed by atoms with Crippen LogP contribution in [0.15, 0.2) is 23.3 Å². The third-order valence-corrected chi connectivity index (χ3v) is 4.88. The second-order valence-corrected chi connectivity index (χ2v) is 6.75. The third kappa shape index (κ3) is 5.79. The number of aliphatic imine (C=N–C) groups is 1. The van der Waals surface area contributed by atoms with E-state index in [1.165, 1.54) is 56.9 Å². The molecule has 0 bridgehead atoms. The van der Waals surface area contributed by atoms with Crippen molar-refractivity contribution in [1.82, 2.24) is 10.3 Å². The van der Waals surface area contributed by atoms with E-state index < -0.39 is 0 Å². The Kier molecular flexibility index (Phi) is 8.08. The molecular formula is C18H30IN5. The van der Waals surface area contributed by atoms with Gasteiger partial charge in [-0.05, 0) is 49.8 Å². The molecule has 134 valence electrons. The molecule has 1 saturated carbocycles. The molecule has 1 aromatic heterocycles. The maximum Gasteiger partial charge on any atom is 0.189 e. The minimum absolute atomic E-state index is 0. The van der Waals surface area contributed by atoms with Crippen LogP contribution < -0.4 is 16.0 Å². The maximum absolute atomic E-state index is 6.05. The van der Waals surface area contributed by atoms with Crippen LogP contribution in [0.3, 0.4) is 0 Å². The lowest BCUT2D eigenvalue weighted by Gasteiger charge is -2.27. The number of aromatic nitrogens is 1. The van der Waals surface area contributed by atoms with Crippen LogP contribution in [0.25, 0.3) is 0 Å². The number of piperidine rings is 1. The molecule has 0 radical (unpaired) electrons. The van der Waals surface area contributed by atoms with Crippen molar-refractivity contribution in [2.75, 3.05) is 18.0 Å². The third-order valence-electron chi connectivity index (χ3n) is 4.88. The highest BCUT2D eigenvalue weighted by atomic mass is 127. The van der Waals surface area contributed by atoms with Crippen LogP contribution in [-0.4, -0.2) is 30.1 Å². The van der Waals surface area contributed by atoms with Crippen LogP contribution in [0.4, 0.5) is 5.82 Å². The number of anilines is 1. The quantitative estimate of drug-likeness (QED) is 0.425. The summed E-state index contributed by atoms with van der Waals surface area (Å²) >= 11 is 0. The fourth-order valence-corrected chi connectivity index (χ4v) is 3.53. The lowest BCUT2D eigenvalue weighted by Crippen LogP contribution is -2.41. The summed E-state index contributed by atoms with van der Waals surface area (Å²) in [5.41, 5.74) is 7.22. The smallest absolute Gasteiger partial charge is 0.189 e. The molecule has 0 atom stereocenters. The average Bonchev–Trinajstić information content (AvgIpc) is 2.62. The lowest BCUT2D eigenvalue weighted by atomic mass is 9.96. The average molecular weight is 443 g/mol. The zero-order chi connectivity index (χ0) is 15.9. The number of hydrogen-bond acceptors (Lipinski definition) is 3. The predicted octanol–water partition coefficient (Wildman–Crippen LogP) is 3.43. The van der Waals surface area contributed by atoms with E-state index in [0.717, 1.165) is 18.9 Å². The Labute approximate surface area is 162 Å². The van der Waals surface area contributed by atoms with Gasteiger partial charge < -0.3 is 16.0 Å². The number of halogens is 1. The number of nitrogens with zero attached hydrogens (tertiary/aromatic N) is 3. The molecule has 1 saturated heterocycles. The van der Waals surface area contributed by atoms with Crippen LogP contribution in [0.2, 0.25) is 0 Å². The molecule has 2 fully saturated rings. The van der Waals surface area contributed by atoms with Gasteiger partial charge >= 0.3 is 0 Å². The molecule has 2 heterocycles. The molecule has 2 aliphatic rings. The minimum Gasteiger partial charge on any atom is -0.370 e. The number of nitrogens with two attached hydrogens (primary N) is 1. The summed E-state index contributed by atoms with van der Waals surface area (Å²) in [7, 11) is 0. The highest BCUT2D eigenvalue weighted by Crippen LogP contribution is 2.19. The number of hydrogen-bond donors (Lipinski definition) is 2. The predicted molar refractivity (Wildman–Crippen MR) is 111 cm³/mol. The van der Waals surface area contributed by atoms with Gasteiger partial charge in [0.15, 0.2) is 5.96 Å². The van der Waals surface area contributed by atoms with Gasteiger partial charge in [-0.1, -0.05) is 19.3 Å². The van der Waals surface area contributed by atoms with E-state index in [0.29, 0.717) is 18.5 Å². The molecule has 0 unspecified atom stereocenters. The molecule has 1 aliphatic carbocycles. The minimum atomic E-state index is 0. The van der Waals surface area contributed by atoms with Crippen LogP contribution in [-0.2, 0) is 6.54 Å². The largest absolute Gasteiger partial charge is 0.370 e. The van der Waals surface area contributed by atoms with Crippen LogP contribution in [0.5, 0.6) is 0 Å². The van der Waals surface area contributed by atoms with Crippen molar-refractivity contribution in [3.63, 3.8) is 0 Å². The van der Waals surface area contributed by atoms with Gasteiger partial charge in [-0.2, -0.15) is 0 Å². The number of rotatable bonds is 4. The first kappa shape index (κ1) is 19.3. The van der Waals surface area contributed by atoms with Gasteiger partial charge in [0, 0.05) is 25.3 Å². The number of pyridine rings is 1. The Bertz CT molecular complexity index is 522. The summed E-state index contributed by atoms with van der Waals surface area (Å²) in [6, 6.07) is 4.70. The number of guanidine groups is 1. The van der Waals surface area contributed by atoms with Crippen LogP contribution in [0, 0.1) is 0 Å². The van der Waals surface area contributed by atoms with Gasteiger partial charge in [0.1, 0.15) is 5.82 Å². The van der Waals surface area contributed by atoms with Crippen molar-refractivity contribution in [2.24, 2.45) is 10.7 Å². The SMILES string of the molecule is I.NC(=NCc1ccnc(N2CCCCC2)c1)NC1CCCCC1. The highest BCUT2D eigenvalue weighted by molar-refractivity contribution is 14.0. The lowest BCUT2D eigenvalue weighted by molar-refractivity contribution is 0.412. The summed E-state index contributed by atoms with van der Waals surface area (Å²) < 4.78 is 0. The van der Waals surface area contributed by atoms with Gasteiger partial charge in [-0.15, -0.1) is 24.0 Å². The van der Waals surface area contributed by atoms with E-state index in [1.54, 1.807) is 0 Å². The first-order chi connectivity index (χ1) is 11.3. The first-order valence-electron chi connectivity index (χ1n) is 9.07. The zero-order valence-corrected chi connectivity index (χ0v) is 16.7. The van der Waals surface area contributed by atoms with E-state index in [1.807, 2.05) is 12.3 Å².